The molecule has 19 heavy (non-hydrogen) atoms. The number of nitrogens with zero attached hydrogens (tertiary/aromatic N) is 2. The van der Waals surface area contributed by atoms with Crippen molar-refractivity contribution < 1.29 is 9.53 Å². The smallest absolute Gasteiger partial charge is 0.271 e. The van der Waals surface area contributed by atoms with Crippen LogP contribution < -0.4 is 9.64 Å². The monoisotopic (exact) mass is 324 g/mol. The number of amides is 1. The van der Waals surface area contributed by atoms with E-state index in [2.05, 4.69) is 27.5 Å². The zero-order chi connectivity index (χ0) is 14.0. The molecule has 5 heteroatoms. The number of pyridine rings is 1. The molecule has 1 aromatic heterocycles. The summed E-state index contributed by atoms with van der Waals surface area (Å²) in [5.41, 5.74) is -0.851. The van der Waals surface area contributed by atoms with Gasteiger partial charge >= 0.3 is 0 Å². The van der Waals surface area contributed by atoms with Crippen LogP contribution in [-0.2, 0) is 4.79 Å². The van der Waals surface area contributed by atoms with Gasteiger partial charge in [0.15, 0.2) is 17.2 Å². The predicted molar refractivity (Wildman–Crippen MR) is 78.4 cm³/mol. The Morgan fingerprint density at radius 1 is 1.53 bits per heavy atom. The number of carbonyl (C=O) groups excluding carboxylic acids is 1. The maximum atomic E-state index is 12.4. The van der Waals surface area contributed by atoms with E-state index in [1.165, 1.54) is 0 Å². The normalized spacial score (nSPS) is 16.8. The van der Waals surface area contributed by atoms with E-state index in [1.807, 2.05) is 18.2 Å². The van der Waals surface area contributed by atoms with Crippen molar-refractivity contribution in [3.63, 3.8) is 0 Å². The van der Waals surface area contributed by atoms with Crippen molar-refractivity contribution >= 4 is 27.7 Å². The van der Waals surface area contributed by atoms with Gasteiger partial charge in [-0.15, -0.1) is 6.58 Å². The molecule has 0 saturated heterocycles. The van der Waals surface area contributed by atoms with Crippen LogP contribution in [0.25, 0.3) is 0 Å². The Kier molecular flexibility index (Phi) is 3.94. The number of anilines is 1. The Morgan fingerprint density at radius 2 is 2.26 bits per heavy atom. The van der Waals surface area contributed by atoms with Crippen LogP contribution in [0.2, 0.25) is 0 Å². The molecule has 0 unspecified atom stereocenters. The molecule has 0 aliphatic carbocycles. The van der Waals surface area contributed by atoms with Gasteiger partial charge in [-0.05, 0) is 54.8 Å². The van der Waals surface area contributed by atoms with Gasteiger partial charge in [0.05, 0.1) is 0 Å². The second-order valence-corrected chi connectivity index (χ2v) is 5.77. The Balaban J connectivity index is 2.36. The van der Waals surface area contributed by atoms with Crippen LogP contribution in [0.3, 0.4) is 0 Å². The van der Waals surface area contributed by atoms with Gasteiger partial charge < -0.3 is 4.74 Å². The second-order valence-electron chi connectivity index (χ2n) is 4.96. The lowest BCUT2D eigenvalue weighted by molar-refractivity contribution is -0.132. The number of allylic oxidation sites excluding steroid dienone is 1. The first-order valence-corrected chi connectivity index (χ1v) is 7.03. The summed E-state index contributed by atoms with van der Waals surface area (Å²) in [6, 6.07) is 3.65. The minimum absolute atomic E-state index is 0.0605. The lowest BCUT2D eigenvalue weighted by atomic mass is 10.0. The molecule has 0 bridgehead atoms. The fraction of sp³-hybridized carbons (Fsp3) is 0.429. The number of hydrogen-bond donors (Lipinski definition) is 0. The zero-order valence-electron chi connectivity index (χ0n) is 11.1. The van der Waals surface area contributed by atoms with E-state index < -0.39 is 5.60 Å². The van der Waals surface area contributed by atoms with E-state index in [0.29, 0.717) is 22.7 Å². The van der Waals surface area contributed by atoms with Crippen LogP contribution >= 0.6 is 15.9 Å². The van der Waals surface area contributed by atoms with Crippen molar-refractivity contribution in [3.8, 4) is 5.75 Å². The van der Waals surface area contributed by atoms with Crippen molar-refractivity contribution in [2.45, 2.75) is 32.3 Å². The van der Waals surface area contributed by atoms with Crippen LogP contribution in [0.5, 0.6) is 5.75 Å². The Hall–Kier alpha value is -1.36. The van der Waals surface area contributed by atoms with Crippen molar-refractivity contribution in [2.75, 3.05) is 11.4 Å². The maximum absolute atomic E-state index is 12.4. The molecule has 0 fully saturated rings. The molecule has 0 N–H and O–H groups in total. The van der Waals surface area contributed by atoms with E-state index in [9.17, 15) is 4.79 Å². The first-order chi connectivity index (χ1) is 8.95. The first kappa shape index (κ1) is 14.1. The van der Waals surface area contributed by atoms with Crippen LogP contribution in [0.4, 0.5) is 5.82 Å². The molecular formula is C14H17BrN2O2. The Bertz CT molecular complexity index is 514. The predicted octanol–water partition coefficient (Wildman–Crippen LogP) is 3.31. The molecule has 2 rings (SSSR count). The SMILES string of the molecule is C=CCCCN1C(=O)C(C)(C)Oc2ccc(Br)nc21. The average Bonchev–Trinajstić information content (AvgIpc) is 2.35. The molecule has 0 spiro atoms. The van der Waals surface area contributed by atoms with Crippen LogP contribution in [0.15, 0.2) is 29.4 Å². The maximum Gasteiger partial charge on any atom is 0.271 e. The van der Waals surface area contributed by atoms with Gasteiger partial charge in [0.25, 0.3) is 5.91 Å². The molecule has 0 aromatic carbocycles. The molecule has 1 aliphatic rings. The first-order valence-electron chi connectivity index (χ1n) is 6.24. The standard InChI is InChI=1S/C14H17BrN2O2/c1-4-5-6-9-17-12-10(7-8-11(15)16-12)19-14(2,3)13(17)18/h4,7-8H,1,5-6,9H2,2-3H3. The molecule has 1 amide bonds. The third-order valence-electron chi connectivity index (χ3n) is 2.98. The van der Waals surface area contributed by atoms with Gasteiger partial charge in [-0.3, -0.25) is 9.69 Å². The number of ether oxygens (including phenoxy) is 1. The van der Waals surface area contributed by atoms with Gasteiger partial charge in [-0.1, -0.05) is 6.08 Å². The summed E-state index contributed by atoms with van der Waals surface area (Å²) in [4.78, 5) is 18.5. The number of halogens is 1. The molecule has 4 nitrogen and oxygen atoms in total. The van der Waals surface area contributed by atoms with E-state index in [-0.39, 0.29) is 5.91 Å². The summed E-state index contributed by atoms with van der Waals surface area (Å²) in [5, 5.41) is 0. The number of unbranched alkanes of at least 4 members (excludes halogenated alkanes) is 1. The van der Waals surface area contributed by atoms with E-state index >= 15 is 0 Å². The third kappa shape index (κ3) is 2.81. The molecule has 0 radical (unpaired) electrons. The number of fused-ring (bicyclic) bond motifs is 1. The van der Waals surface area contributed by atoms with Gasteiger partial charge in [0.1, 0.15) is 4.60 Å². The van der Waals surface area contributed by atoms with Crippen molar-refractivity contribution in [1.82, 2.24) is 4.98 Å². The lowest BCUT2D eigenvalue weighted by Crippen LogP contribution is -2.53. The average molecular weight is 325 g/mol. The van der Waals surface area contributed by atoms with E-state index in [4.69, 9.17) is 4.74 Å². The minimum atomic E-state index is -0.851. The Morgan fingerprint density at radius 3 is 2.95 bits per heavy atom. The van der Waals surface area contributed by atoms with E-state index in [1.54, 1.807) is 18.7 Å². The van der Waals surface area contributed by atoms with Gasteiger partial charge in [0.2, 0.25) is 0 Å². The summed E-state index contributed by atoms with van der Waals surface area (Å²) < 4.78 is 6.42. The second kappa shape index (κ2) is 5.33. The van der Waals surface area contributed by atoms with E-state index in [0.717, 1.165) is 12.8 Å². The molecular weight excluding hydrogens is 308 g/mol. The summed E-state index contributed by atoms with van der Waals surface area (Å²) in [6.07, 6.45) is 3.58. The zero-order valence-corrected chi connectivity index (χ0v) is 12.7. The molecule has 0 atom stereocenters. The van der Waals surface area contributed by atoms with Crippen molar-refractivity contribution in [2.24, 2.45) is 0 Å². The Labute approximate surface area is 121 Å². The largest absolute Gasteiger partial charge is 0.474 e. The summed E-state index contributed by atoms with van der Waals surface area (Å²) in [6.45, 7) is 7.87. The lowest BCUT2D eigenvalue weighted by Gasteiger charge is -2.37. The van der Waals surface area contributed by atoms with Gasteiger partial charge in [-0.25, -0.2) is 4.98 Å². The van der Waals surface area contributed by atoms with Gasteiger partial charge in [0, 0.05) is 6.54 Å². The summed E-state index contributed by atoms with van der Waals surface area (Å²) >= 11 is 3.33. The number of rotatable bonds is 4. The molecule has 1 aromatic rings. The molecule has 2 heterocycles. The summed E-state index contributed by atoms with van der Waals surface area (Å²) in [5.74, 6) is 1.17. The highest BCUT2D eigenvalue weighted by molar-refractivity contribution is 9.10. The number of aromatic nitrogens is 1. The topological polar surface area (TPSA) is 42.4 Å². The van der Waals surface area contributed by atoms with Gasteiger partial charge in [-0.2, -0.15) is 0 Å². The quantitative estimate of drug-likeness (QED) is 0.484. The van der Waals surface area contributed by atoms with Crippen molar-refractivity contribution in [3.05, 3.63) is 29.4 Å². The number of hydrogen-bond acceptors (Lipinski definition) is 3. The minimum Gasteiger partial charge on any atom is -0.474 e. The van der Waals surface area contributed by atoms with Crippen LogP contribution in [0, 0.1) is 0 Å². The third-order valence-corrected chi connectivity index (χ3v) is 3.42. The highest BCUT2D eigenvalue weighted by Crippen LogP contribution is 2.37. The van der Waals surface area contributed by atoms with Crippen molar-refractivity contribution in [1.29, 1.82) is 0 Å². The molecule has 1 aliphatic heterocycles. The van der Waals surface area contributed by atoms with Crippen LogP contribution in [0.1, 0.15) is 26.7 Å². The highest BCUT2D eigenvalue weighted by Gasteiger charge is 2.41. The van der Waals surface area contributed by atoms with Crippen LogP contribution in [-0.4, -0.2) is 23.0 Å². The highest BCUT2D eigenvalue weighted by atomic mass is 79.9. The fourth-order valence-electron chi connectivity index (χ4n) is 2.03. The number of carbonyl (C=O) groups is 1. The molecule has 102 valence electrons. The molecule has 0 saturated carbocycles. The summed E-state index contributed by atoms with van der Waals surface area (Å²) in [7, 11) is 0. The fourth-order valence-corrected chi connectivity index (χ4v) is 2.33.